The van der Waals surface area contributed by atoms with Crippen molar-refractivity contribution in [2.75, 3.05) is 18.5 Å². The zero-order chi connectivity index (χ0) is 22.7. The Balaban J connectivity index is 2.01. The van der Waals surface area contributed by atoms with Gasteiger partial charge in [-0.25, -0.2) is 9.67 Å². The van der Waals surface area contributed by atoms with Crippen molar-refractivity contribution in [2.24, 2.45) is 0 Å². The first-order chi connectivity index (χ1) is 14.7. The van der Waals surface area contributed by atoms with Crippen LogP contribution in [0.1, 0.15) is 26.4 Å². The number of aryl methyl sites for hydroxylation is 1. The SMILES string of the molecule is Cc1cc(Cl)cc(C(=O)NCCO)c1NC(=O)c1cc(Br)nn1-c1ncc(Cl)cc1Cl. The van der Waals surface area contributed by atoms with Crippen LogP contribution in [0.15, 0.2) is 35.1 Å². The Bertz CT molecular complexity index is 1170. The summed E-state index contributed by atoms with van der Waals surface area (Å²) in [7, 11) is 0. The Hall–Kier alpha value is -2.17. The largest absolute Gasteiger partial charge is 0.395 e. The number of aliphatic hydroxyl groups is 1. The highest BCUT2D eigenvalue weighted by molar-refractivity contribution is 9.10. The fraction of sp³-hybridized carbons (Fsp3) is 0.158. The Morgan fingerprint density at radius 2 is 1.87 bits per heavy atom. The first kappa shape index (κ1) is 23.5. The summed E-state index contributed by atoms with van der Waals surface area (Å²) in [4.78, 5) is 29.8. The molecule has 0 saturated carbocycles. The lowest BCUT2D eigenvalue weighted by Crippen LogP contribution is -2.28. The molecule has 0 radical (unpaired) electrons. The molecule has 0 atom stereocenters. The van der Waals surface area contributed by atoms with Crippen LogP contribution in [-0.4, -0.2) is 44.8 Å². The van der Waals surface area contributed by atoms with E-state index in [4.69, 9.17) is 39.9 Å². The molecule has 0 bridgehead atoms. The van der Waals surface area contributed by atoms with Crippen molar-refractivity contribution in [3.63, 3.8) is 0 Å². The third-order valence-electron chi connectivity index (χ3n) is 4.08. The van der Waals surface area contributed by atoms with E-state index in [1.54, 1.807) is 13.0 Å². The number of nitrogens with one attached hydrogen (secondary N) is 2. The molecule has 0 aliphatic heterocycles. The van der Waals surface area contributed by atoms with Crippen molar-refractivity contribution in [1.29, 1.82) is 0 Å². The molecule has 0 unspecified atom stereocenters. The van der Waals surface area contributed by atoms with Gasteiger partial charge in [0.15, 0.2) is 5.82 Å². The van der Waals surface area contributed by atoms with Crippen LogP contribution in [0, 0.1) is 6.92 Å². The Labute approximate surface area is 200 Å². The molecule has 0 aliphatic rings. The van der Waals surface area contributed by atoms with Gasteiger partial charge in [0.25, 0.3) is 11.8 Å². The molecule has 162 valence electrons. The molecule has 2 aromatic heterocycles. The number of amides is 2. The number of rotatable bonds is 6. The molecule has 31 heavy (non-hydrogen) atoms. The number of carbonyl (C=O) groups excluding carboxylic acids is 2. The van der Waals surface area contributed by atoms with Gasteiger partial charge in [0.1, 0.15) is 10.3 Å². The number of benzene rings is 1. The van der Waals surface area contributed by atoms with Crippen LogP contribution >= 0.6 is 50.7 Å². The highest BCUT2D eigenvalue weighted by Gasteiger charge is 2.22. The van der Waals surface area contributed by atoms with Gasteiger partial charge in [-0.15, -0.1) is 0 Å². The summed E-state index contributed by atoms with van der Waals surface area (Å²) < 4.78 is 1.63. The number of halogens is 4. The van der Waals surface area contributed by atoms with E-state index < -0.39 is 11.8 Å². The summed E-state index contributed by atoms with van der Waals surface area (Å²) in [6.45, 7) is 1.53. The highest BCUT2D eigenvalue weighted by Crippen LogP contribution is 2.28. The van der Waals surface area contributed by atoms with Gasteiger partial charge in [0.2, 0.25) is 0 Å². The molecule has 1 aromatic carbocycles. The van der Waals surface area contributed by atoms with Gasteiger partial charge in [0.05, 0.1) is 27.9 Å². The van der Waals surface area contributed by atoms with Crippen molar-refractivity contribution in [1.82, 2.24) is 20.1 Å². The number of nitrogens with zero attached hydrogens (tertiary/aromatic N) is 3. The van der Waals surface area contributed by atoms with E-state index in [1.165, 1.54) is 29.1 Å². The van der Waals surface area contributed by atoms with E-state index >= 15 is 0 Å². The topological polar surface area (TPSA) is 109 Å². The van der Waals surface area contributed by atoms with Crippen LogP contribution in [0.2, 0.25) is 15.1 Å². The summed E-state index contributed by atoms with van der Waals surface area (Å²) in [6.07, 6.45) is 1.38. The lowest BCUT2D eigenvalue weighted by molar-refractivity contribution is 0.0945. The molecule has 0 spiro atoms. The molecule has 3 aromatic rings. The Morgan fingerprint density at radius 3 is 2.55 bits per heavy atom. The fourth-order valence-corrected chi connectivity index (χ4v) is 3.88. The van der Waals surface area contributed by atoms with Crippen LogP contribution in [0.25, 0.3) is 5.82 Å². The summed E-state index contributed by atoms with van der Waals surface area (Å²) >= 11 is 21.5. The number of hydrogen-bond donors (Lipinski definition) is 3. The highest BCUT2D eigenvalue weighted by atomic mass is 79.9. The average Bonchev–Trinajstić information content (AvgIpc) is 3.09. The molecule has 2 heterocycles. The minimum atomic E-state index is -0.562. The van der Waals surface area contributed by atoms with Crippen molar-refractivity contribution in [3.8, 4) is 5.82 Å². The first-order valence-corrected chi connectivity index (χ1v) is 10.7. The van der Waals surface area contributed by atoms with Gasteiger partial charge >= 0.3 is 0 Å². The van der Waals surface area contributed by atoms with Gasteiger partial charge in [-0.05, 0) is 46.6 Å². The minimum Gasteiger partial charge on any atom is -0.395 e. The second-order valence-corrected chi connectivity index (χ2v) is 8.39. The molecule has 0 saturated heterocycles. The number of hydrogen-bond acceptors (Lipinski definition) is 5. The Kier molecular flexibility index (Phi) is 7.55. The average molecular weight is 548 g/mol. The van der Waals surface area contributed by atoms with Crippen molar-refractivity contribution < 1.29 is 14.7 Å². The predicted molar refractivity (Wildman–Crippen MR) is 123 cm³/mol. The number of anilines is 1. The standard InChI is InChI=1S/C19H15BrCl3N5O3/c1-9-4-10(21)5-12(18(30)24-2-3-29)16(9)26-19(31)14-7-15(20)27-28(14)17-13(23)6-11(22)8-25-17/h4-8,29H,2-3H2,1H3,(H,24,30)(H,26,31). The third-order valence-corrected chi connectivity index (χ3v) is 5.17. The van der Waals surface area contributed by atoms with Crippen LogP contribution < -0.4 is 10.6 Å². The molecule has 0 aliphatic carbocycles. The number of carbonyl (C=O) groups is 2. The molecule has 0 fully saturated rings. The Morgan fingerprint density at radius 1 is 1.13 bits per heavy atom. The maximum atomic E-state index is 13.1. The van der Waals surface area contributed by atoms with E-state index in [0.717, 1.165) is 0 Å². The zero-order valence-electron chi connectivity index (χ0n) is 15.9. The predicted octanol–water partition coefficient (Wildman–Crippen LogP) is 4.27. The van der Waals surface area contributed by atoms with E-state index in [-0.39, 0.29) is 40.9 Å². The van der Waals surface area contributed by atoms with Crippen LogP contribution in [0.3, 0.4) is 0 Å². The maximum Gasteiger partial charge on any atom is 0.274 e. The smallest absolute Gasteiger partial charge is 0.274 e. The summed E-state index contributed by atoms with van der Waals surface area (Å²) in [6, 6.07) is 6.01. The monoisotopic (exact) mass is 545 g/mol. The van der Waals surface area contributed by atoms with Crippen LogP contribution in [0.5, 0.6) is 0 Å². The molecule has 8 nitrogen and oxygen atoms in total. The van der Waals surface area contributed by atoms with E-state index in [2.05, 4.69) is 36.6 Å². The van der Waals surface area contributed by atoms with Crippen molar-refractivity contribution in [2.45, 2.75) is 6.92 Å². The van der Waals surface area contributed by atoms with Gasteiger partial charge in [-0.1, -0.05) is 34.8 Å². The fourth-order valence-electron chi connectivity index (χ4n) is 2.77. The summed E-state index contributed by atoms with van der Waals surface area (Å²) in [5, 5.41) is 19.3. The maximum absolute atomic E-state index is 13.1. The lowest BCUT2D eigenvalue weighted by atomic mass is 10.1. The van der Waals surface area contributed by atoms with Gasteiger partial charge in [0, 0.05) is 23.8 Å². The summed E-state index contributed by atoms with van der Waals surface area (Å²) in [5.74, 6) is -0.852. The van der Waals surface area contributed by atoms with Gasteiger partial charge in [-0.2, -0.15) is 5.10 Å². The van der Waals surface area contributed by atoms with E-state index in [0.29, 0.717) is 20.2 Å². The van der Waals surface area contributed by atoms with E-state index in [1.807, 2.05) is 0 Å². The third kappa shape index (κ3) is 5.36. The molecule has 3 rings (SSSR count). The molecule has 3 N–H and O–H groups in total. The van der Waals surface area contributed by atoms with Crippen molar-refractivity contribution >= 4 is 68.2 Å². The number of aromatic nitrogens is 3. The quantitative estimate of drug-likeness (QED) is 0.427. The molecule has 12 heteroatoms. The second kappa shape index (κ2) is 9.97. The van der Waals surface area contributed by atoms with Crippen LogP contribution in [0.4, 0.5) is 5.69 Å². The lowest BCUT2D eigenvalue weighted by Gasteiger charge is -2.15. The summed E-state index contributed by atoms with van der Waals surface area (Å²) in [5.41, 5.74) is 1.10. The van der Waals surface area contributed by atoms with Crippen molar-refractivity contribution in [3.05, 3.63) is 67.0 Å². The molecule has 2 amide bonds. The molecular weight excluding hydrogens is 533 g/mol. The van der Waals surface area contributed by atoms with E-state index in [9.17, 15) is 9.59 Å². The molecular formula is C19H15BrCl3N5O3. The second-order valence-electron chi connectivity index (χ2n) is 6.30. The number of pyridine rings is 1. The minimum absolute atomic E-state index is 0.0538. The first-order valence-electron chi connectivity index (χ1n) is 8.78. The van der Waals surface area contributed by atoms with Gasteiger partial charge < -0.3 is 15.7 Å². The zero-order valence-corrected chi connectivity index (χ0v) is 19.8. The van der Waals surface area contributed by atoms with Gasteiger partial charge in [-0.3, -0.25) is 9.59 Å². The normalized spacial score (nSPS) is 10.8. The number of aliphatic hydroxyl groups excluding tert-OH is 1. The van der Waals surface area contributed by atoms with Crippen LogP contribution in [-0.2, 0) is 0 Å².